The predicted octanol–water partition coefficient (Wildman–Crippen LogP) is 2.81. The number of aromatic nitrogens is 2. The Bertz CT molecular complexity index is 1250. The number of amides is 2. The van der Waals surface area contributed by atoms with Crippen molar-refractivity contribution in [2.24, 2.45) is 5.10 Å². The molecule has 0 bridgehead atoms. The van der Waals surface area contributed by atoms with Gasteiger partial charge in [-0.3, -0.25) is 28.8 Å². The van der Waals surface area contributed by atoms with Gasteiger partial charge < -0.3 is 5.73 Å². The summed E-state index contributed by atoms with van der Waals surface area (Å²) in [6.07, 6.45) is 2.15. The molecule has 1 aromatic heterocycles. The zero-order chi connectivity index (χ0) is 25.0. The Labute approximate surface area is 202 Å². The van der Waals surface area contributed by atoms with Crippen LogP contribution in [0.1, 0.15) is 51.5 Å². The average molecular weight is 489 g/mol. The molecule has 3 N–H and O–H groups in total. The second-order valence-electron chi connectivity index (χ2n) is 8.14. The van der Waals surface area contributed by atoms with E-state index in [2.05, 4.69) is 10.1 Å². The first-order valence-electron chi connectivity index (χ1n) is 11.3. The maximum Gasteiger partial charge on any atom is 0.330 e. The summed E-state index contributed by atoms with van der Waals surface area (Å²) in [4.78, 5) is 54.7. The standard InChI is InChI=1S/C23H29ClN6O4/c1-4-6-12-28(19-20(25)29(11-5-2)23(34)26-21(19)32)22(33)17-9-10-18(31)30(27-17)15-8-7-14(3)16(24)13-15/h7-8,13H,4-6,9-12,25H2,1-3H3,(H,26,32,34). The molecule has 0 saturated heterocycles. The van der Waals surface area contributed by atoms with Gasteiger partial charge in [-0.1, -0.05) is 37.9 Å². The third-order valence-electron chi connectivity index (χ3n) is 5.59. The highest BCUT2D eigenvalue weighted by Crippen LogP contribution is 2.27. The first kappa shape index (κ1) is 25.2. The van der Waals surface area contributed by atoms with E-state index in [1.54, 1.807) is 18.2 Å². The molecule has 182 valence electrons. The fourth-order valence-corrected chi connectivity index (χ4v) is 3.87. The lowest BCUT2D eigenvalue weighted by atomic mass is 10.1. The number of carbonyl (C=O) groups is 2. The number of aryl methyl sites for hydroxylation is 1. The van der Waals surface area contributed by atoms with Gasteiger partial charge in [-0.05, 0) is 37.5 Å². The SMILES string of the molecule is CCCCN(C(=O)C1=NN(c2ccc(C)c(Cl)c2)C(=O)CC1)c1c(N)n(CCC)c(=O)[nH]c1=O. The third kappa shape index (κ3) is 5.06. The van der Waals surface area contributed by atoms with Crippen molar-refractivity contribution >= 4 is 46.3 Å². The van der Waals surface area contributed by atoms with Crippen LogP contribution in [0.25, 0.3) is 0 Å². The average Bonchev–Trinajstić information content (AvgIpc) is 2.80. The molecule has 2 heterocycles. The van der Waals surface area contributed by atoms with Crippen LogP contribution in [0, 0.1) is 6.92 Å². The number of H-pyrrole nitrogens is 1. The number of hydrazone groups is 1. The van der Waals surface area contributed by atoms with E-state index in [0.717, 1.165) is 17.0 Å². The summed E-state index contributed by atoms with van der Waals surface area (Å²) in [5, 5.41) is 5.95. The number of hydrogen-bond donors (Lipinski definition) is 2. The van der Waals surface area contributed by atoms with Gasteiger partial charge in [-0.2, -0.15) is 5.10 Å². The Morgan fingerprint density at radius 1 is 1.21 bits per heavy atom. The maximum atomic E-state index is 13.6. The maximum absolute atomic E-state index is 13.6. The van der Waals surface area contributed by atoms with Crippen LogP contribution < -0.4 is 26.9 Å². The van der Waals surface area contributed by atoms with Gasteiger partial charge in [0.25, 0.3) is 11.5 Å². The van der Waals surface area contributed by atoms with Gasteiger partial charge in [0.1, 0.15) is 11.5 Å². The zero-order valence-corrected chi connectivity index (χ0v) is 20.3. The Morgan fingerprint density at radius 2 is 1.94 bits per heavy atom. The first-order chi connectivity index (χ1) is 16.2. The number of halogens is 1. The zero-order valence-electron chi connectivity index (χ0n) is 19.6. The molecule has 0 atom stereocenters. The number of nitrogens with one attached hydrogen (secondary N) is 1. The van der Waals surface area contributed by atoms with E-state index in [9.17, 15) is 19.2 Å². The van der Waals surface area contributed by atoms with E-state index in [1.807, 2.05) is 20.8 Å². The molecular formula is C23H29ClN6O4. The first-order valence-corrected chi connectivity index (χ1v) is 11.7. The third-order valence-corrected chi connectivity index (χ3v) is 6.00. The fourth-order valence-electron chi connectivity index (χ4n) is 3.69. The minimum Gasteiger partial charge on any atom is -0.383 e. The summed E-state index contributed by atoms with van der Waals surface area (Å²) in [6.45, 7) is 6.16. The van der Waals surface area contributed by atoms with Crippen molar-refractivity contribution in [3.63, 3.8) is 0 Å². The molecule has 34 heavy (non-hydrogen) atoms. The number of hydrogen-bond acceptors (Lipinski definition) is 6. The molecular weight excluding hydrogens is 460 g/mol. The molecule has 0 spiro atoms. The second kappa shape index (κ2) is 10.7. The van der Waals surface area contributed by atoms with Gasteiger partial charge in [-0.25, -0.2) is 9.80 Å². The topological polar surface area (TPSA) is 134 Å². The highest BCUT2D eigenvalue weighted by atomic mass is 35.5. The lowest BCUT2D eigenvalue weighted by Crippen LogP contribution is -2.46. The van der Waals surface area contributed by atoms with Crippen molar-refractivity contribution in [1.29, 1.82) is 0 Å². The van der Waals surface area contributed by atoms with Gasteiger partial charge in [-0.15, -0.1) is 0 Å². The summed E-state index contributed by atoms with van der Waals surface area (Å²) < 4.78 is 1.25. The van der Waals surface area contributed by atoms with E-state index < -0.39 is 17.2 Å². The van der Waals surface area contributed by atoms with E-state index in [4.69, 9.17) is 17.3 Å². The number of nitrogens with zero attached hydrogens (tertiary/aromatic N) is 4. The summed E-state index contributed by atoms with van der Waals surface area (Å²) in [5.41, 5.74) is 6.16. The lowest BCUT2D eigenvalue weighted by Gasteiger charge is -2.28. The van der Waals surface area contributed by atoms with Crippen LogP contribution in [-0.4, -0.2) is 33.6 Å². The molecule has 2 aromatic rings. The molecule has 0 radical (unpaired) electrons. The fraction of sp³-hybridized carbons (Fsp3) is 0.435. The molecule has 0 fully saturated rings. The van der Waals surface area contributed by atoms with Crippen LogP contribution in [0.5, 0.6) is 0 Å². The molecule has 11 heteroatoms. The van der Waals surface area contributed by atoms with Crippen LogP contribution in [0.3, 0.4) is 0 Å². The Morgan fingerprint density at radius 3 is 2.59 bits per heavy atom. The number of anilines is 3. The van der Waals surface area contributed by atoms with Crippen LogP contribution in [-0.2, 0) is 16.1 Å². The highest BCUT2D eigenvalue weighted by molar-refractivity contribution is 6.45. The molecule has 1 aliphatic heterocycles. The molecule has 1 aromatic carbocycles. The lowest BCUT2D eigenvalue weighted by molar-refractivity contribution is -0.118. The largest absolute Gasteiger partial charge is 0.383 e. The van der Waals surface area contributed by atoms with Gasteiger partial charge >= 0.3 is 5.69 Å². The number of nitrogens with two attached hydrogens (primary N) is 1. The van der Waals surface area contributed by atoms with Crippen molar-refractivity contribution in [3.8, 4) is 0 Å². The molecule has 1 aliphatic rings. The van der Waals surface area contributed by atoms with Crippen LogP contribution >= 0.6 is 11.6 Å². The number of carbonyl (C=O) groups excluding carboxylic acids is 2. The van der Waals surface area contributed by atoms with E-state index in [-0.39, 0.29) is 42.5 Å². The van der Waals surface area contributed by atoms with Crippen molar-refractivity contribution in [2.45, 2.75) is 59.4 Å². The summed E-state index contributed by atoms with van der Waals surface area (Å²) >= 11 is 6.21. The van der Waals surface area contributed by atoms with Crippen LogP contribution in [0.2, 0.25) is 5.02 Å². The number of aromatic amines is 1. The number of nitrogen functional groups attached to an aromatic ring is 1. The Kier molecular flexibility index (Phi) is 7.93. The van der Waals surface area contributed by atoms with Gasteiger partial charge in [0.15, 0.2) is 5.69 Å². The second-order valence-corrected chi connectivity index (χ2v) is 8.55. The van der Waals surface area contributed by atoms with Gasteiger partial charge in [0.05, 0.1) is 5.69 Å². The Hall–Kier alpha value is -3.40. The highest BCUT2D eigenvalue weighted by Gasteiger charge is 2.31. The minimum atomic E-state index is -0.742. The van der Waals surface area contributed by atoms with Crippen molar-refractivity contribution in [3.05, 3.63) is 49.6 Å². The molecule has 0 saturated carbocycles. The van der Waals surface area contributed by atoms with E-state index >= 15 is 0 Å². The summed E-state index contributed by atoms with van der Waals surface area (Å²) in [5.74, 6) is -0.886. The van der Waals surface area contributed by atoms with Crippen LogP contribution in [0.15, 0.2) is 32.9 Å². The quantitative estimate of drug-likeness (QED) is 0.589. The van der Waals surface area contributed by atoms with Crippen molar-refractivity contribution in [2.75, 3.05) is 22.2 Å². The molecule has 10 nitrogen and oxygen atoms in total. The van der Waals surface area contributed by atoms with Gasteiger partial charge in [0.2, 0.25) is 5.91 Å². The van der Waals surface area contributed by atoms with Crippen LogP contribution in [0.4, 0.5) is 17.2 Å². The molecule has 0 aliphatic carbocycles. The smallest absolute Gasteiger partial charge is 0.330 e. The number of benzene rings is 1. The summed E-state index contributed by atoms with van der Waals surface area (Å²) in [6, 6.07) is 5.08. The predicted molar refractivity (Wildman–Crippen MR) is 134 cm³/mol. The minimum absolute atomic E-state index is 0.0683. The molecule has 2 amide bonds. The molecule has 3 rings (SSSR count). The van der Waals surface area contributed by atoms with Gasteiger partial charge in [0, 0.05) is 31.0 Å². The number of unbranched alkanes of at least 4 members (excludes halogenated alkanes) is 1. The van der Waals surface area contributed by atoms with Crippen molar-refractivity contribution in [1.82, 2.24) is 9.55 Å². The normalized spacial score (nSPS) is 13.7. The number of rotatable bonds is 8. The molecule has 0 unspecified atom stereocenters. The van der Waals surface area contributed by atoms with Crippen molar-refractivity contribution < 1.29 is 9.59 Å². The van der Waals surface area contributed by atoms with E-state index in [0.29, 0.717) is 30.1 Å². The van der Waals surface area contributed by atoms with E-state index in [1.165, 1.54) is 9.47 Å². The monoisotopic (exact) mass is 488 g/mol. The summed E-state index contributed by atoms with van der Waals surface area (Å²) in [7, 11) is 0. The Balaban J connectivity index is 2.07.